The van der Waals surface area contributed by atoms with Crippen LogP contribution in [-0.4, -0.2) is 41.5 Å². The van der Waals surface area contributed by atoms with Crippen LogP contribution >= 0.6 is 0 Å². The molecule has 1 atom stereocenters. The minimum absolute atomic E-state index is 0.0114. The van der Waals surface area contributed by atoms with E-state index in [-0.39, 0.29) is 12.6 Å². The average molecular weight is 326 g/mol. The summed E-state index contributed by atoms with van der Waals surface area (Å²) in [6, 6.07) is 12.3. The number of anilines is 2. The monoisotopic (exact) mass is 326 g/mol. The van der Waals surface area contributed by atoms with Crippen molar-refractivity contribution in [3.05, 3.63) is 42.6 Å². The molecule has 0 saturated carbocycles. The summed E-state index contributed by atoms with van der Waals surface area (Å²) in [6.07, 6.45) is 2.80. The molecule has 0 fully saturated rings. The first-order chi connectivity index (χ1) is 11.6. The molecule has 0 aliphatic rings. The molecule has 1 unspecified atom stereocenters. The fourth-order valence-electron chi connectivity index (χ4n) is 2.62. The van der Waals surface area contributed by atoms with Crippen molar-refractivity contribution in [3.63, 3.8) is 0 Å². The van der Waals surface area contributed by atoms with Gasteiger partial charge >= 0.3 is 5.65 Å². The van der Waals surface area contributed by atoms with E-state index >= 15 is 0 Å². The Hall–Kier alpha value is -2.60. The van der Waals surface area contributed by atoms with Crippen LogP contribution in [0.1, 0.15) is 13.3 Å². The van der Waals surface area contributed by atoms with Crippen LogP contribution in [0, 0.1) is 0 Å². The van der Waals surface area contributed by atoms with Crippen molar-refractivity contribution < 1.29 is 10.1 Å². The smallest absolute Gasteiger partial charge is 0.305 e. The Morgan fingerprint density at radius 1 is 1.21 bits per heavy atom. The Balaban J connectivity index is 1.96. The molecule has 1 aromatic carbocycles. The fourth-order valence-corrected chi connectivity index (χ4v) is 2.62. The minimum atomic E-state index is 0.0114. The van der Waals surface area contributed by atoms with Gasteiger partial charge in [-0.1, -0.05) is 16.5 Å². The van der Waals surface area contributed by atoms with Gasteiger partial charge in [0.1, 0.15) is 6.20 Å². The standard InChI is InChI=1S/C18H23N5O/c1-4-14(12-24)20-17-9-10-18-19-11-16(23(18)21-17)13-5-7-15(8-6-13)22(2)3/h5-11,14,24H,4,12H2,1-3H3,(H,20,21)/p+1. The molecule has 24 heavy (non-hydrogen) atoms. The Morgan fingerprint density at radius 2 is 1.96 bits per heavy atom. The van der Waals surface area contributed by atoms with Gasteiger partial charge in [-0.3, -0.25) is 0 Å². The molecule has 3 N–H and O–H groups in total. The Bertz CT molecular complexity index is 806. The van der Waals surface area contributed by atoms with Crippen molar-refractivity contribution in [2.75, 3.05) is 30.9 Å². The van der Waals surface area contributed by atoms with E-state index in [4.69, 9.17) is 0 Å². The lowest BCUT2D eigenvalue weighted by Gasteiger charge is -2.13. The first-order valence-electron chi connectivity index (χ1n) is 8.18. The lowest BCUT2D eigenvalue weighted by Crippen LogP contribution is -2.23. The number of H-pyrrole nitrogens is 1. The van der Waals surface area contributed by atoms with Crippen molar-refractivity contribution in [1.82, 2.24) is 9.61 Å². The second-order valence-electron chi connectivity index (χ2n) is 6.06. The summed E-state index contributed by atoms with van der Waals surface area (Å²) in [5, 5.41) is 17.3. The van der Waals surface area contributed by atoms with Gasteiger partial charge in [0, 0.05) is 31.4 Å². The molecule has 0 amide bonds. The Labute approximate surface area is 141 Å². The Kier molecular flexibility index (Phi) is 4.66. The molecule has 0 spiro atoms. The van der Waals surface area contributed by atoms with Gasteiger partial charge in [-0.05, 0) is 36.8 Å². The summed E-state index contributed by atoms with van der Waals surface area (Å²) < 4.78 is 1.89. The van der Waals surface area contributed by atoms with E-state index in [2.05, 4.69) is 44.6 Å². The van der Waals surface area contributed by atoms with Crippen molar-refractivity contribution in [2.24, 2.45) is 0 Å². The zero-order valence-corrected chi connectivity index (χ0v) is 14.3. The molecule has 6 heteroatoms. The SMILES string of the molecule is CCC(CO)Nc1ccc2[nH+]cc(-c3ccc(N(C)C)cc3)n2n1. The average Bonchev–Trinajstić information content (AvgIpc) is 3.03. The van der Waals surface area contributed by atoms with Gasteiger partial charge in [0.25, 0.3) is 0 Å². The predicted octanol–water partition coefficient (Wildman–Crippen LogP) is 2.06. The molecule has 3 rings (SSSR count). The van der Waals surface area contributed by atoms with Crippen LogP contribution in [-0.2, 0) is 0 Å². The van der Waals surface area contributed by atoms with Gasteiger partial charge in [-0.2, -0.15) is 0 Å². The first-order valence-corrected chi connectivity index (χ1v) is 8.18. The van der Waals surface area contributed by atoms with Crippen molar-refractivity contribution in [2.45, 2.75) is 19.4 Å². The number of hydrogen-bond donors (Lipinski definition) is 2. The number of aromatic amines is 1. The van der Waals surface area contributed by atoms with E-state index in [1.54, 1.807) is 0 Å². The van der Waals surface area contributed by atoms with E-state index < -0.39 is 0 Å². The van der Waals surface area contributed by atoms with Crippen molar-refractivity contribution in [3.8, 4) is 11.3 Å². The van der Waals surface area contributed by atoms with Gasteiger partial charge in [0.2, 0.25) is 5.69 Å². The first kappa shape index (κ1) is 16.3. The molecule has 0 aliphatic heterocycles. The third-order valence-corrected chi connectivity index (χ3v) is 4.16. The van der Waals surface area contributed by atoms with Gasteiger partial charge in [0.15, 0.2) is 5.82 Å². The zero-order chi connectivity index (χ0) is 17.1. The van der Waals surface area contributed by atoms with Crippen LogP contribution in [0.5, 0.6) is 0 Å². The maximum atomic E-state index is 9.36. The second-order valence-corrected chi connectivity index (χ2v) is 6.06. The normalized spacial score (nSPS) is 12.3. The fraction of sp³-hybridized carbons (Fsp3) is 0.333. The predicted molar refractivity (Wildman–Crippen MR) is 96.3 cm³/mol. The maximum absolute atomic E-state index is 9.36. The van der Waals surface area contributed by atoms with Crippen LogP contribution < -0.4 is 15.2 Å². The summed E-state index contributed by atoms with van der Waals surface area (Å²) in [5.74, 6) is 0.749. The minimum Gasteiger partial charge on any atom is -0.394 e. The summed E-state index contributed by atoms with van der Waals surface area (Å²) in [4.78, 5) is 5.32. The highest BCUT2D eigenvalue weighted by atomic mass is 16.3. The number of aromatic nitrogens is 3. The van der Waals surface area contributed by atoms with Crippen LogP contribution in [0.3, 0.4) is 0 Å². The van der Waals surface area contributed by atoms with E-state index in [0.717, 1.165) is 34.8 Å². The van der Waals surface area contributed by atoms with Crippen LogP contribution in [0.4, 0.5) is 11.5 Å². The van der Waals surface area contributed by atoms with Crippen molar-refractivity contribution >= 4 is 17.2 Å². The lowest BCUT2D eigenvalue weighted by molar-refractivity contribution is -0.343. The number of benzene rings is 1. The number of aliphatic hydroxyl groups is 1. The molecule has 6 nitrogen and oxygen atoms in total. The molecule has 126 valence electrons. The van der Waals surface area contributed by atoms with Crippen LogP contribution in [0.2, 0.25) is 0 Å². The molecular formula is C18H24N5O+. The van der Waals surface area contributed by atoms with E-state index in [1.165, 1.54) is 0 Å². The van der Waals surface area contributed by atoms with Gasteiger partial charge in [0.05, 0.1) is 12.6 Å². The summed E-state index contributed by atoms with van der Waals surface area (Å²) in [6.45, 7) is 2.13. The third-order valence-electron chi connectivity index (χ3n) is 4.16. The topological polar surface area (TPSA) is 66.9 Å². The number of fused-ring (bicyclic) bond motifs is 1. The van der Waals surface area contributed by atoms with Gasteiger partial charge in [-0.25, -0.2) is 4.98 Å². The lowest BCUT2D eigenvalue weighted by atomic mass is 10.1. The van der Waals surface area contributed by atoms with E-state index in [0.29, 0.717) is 0 Å². The molecule has 0 bridgehead atoms. The molecule has 0 radical (unpaired) electrons. The molecule has 0 aliphatic carbocycles. The number of hydrogen-bond acceptors (Lipinski definition) is 4. The summed E-state index contributed by atoms with van der Waals surface area (Å²) in [5.41, 5.74) is 4.17. The second kappa shape index (κ2) is 6.88. The molecule has 0 saturated heterocycles. The summed E-state index contributed by atoms with van der Waals surface area (Å²) in [7, 11) is 4.06. The van der Waals surface area contributed by atoms with Gasteiger partial charge < -0.3 is 15.3 Å². The van der Waals surface area contributed by atoms with Gasteiger partial charge in [-0.15, -0.1) is 0 Å². The van der Waals surface area contributed by atoms with Crippen molar-refractivity contribution in [1.29, 1.82) is 0 Å². The zero-order valence-electron chi connectivity index (χ0n) is 14.3. The largest absolute Gasteiger partial charge is 0.394 e. The highest BCUT2D eigenvalue weighted by Crippen LogP contribution is 2.22. The number of aliphatic hydroxyl groups excluding tert-OH is 1. The number of nitrogens with zero attached hydrogens (tertiary/aromatic N) is 3. The molecular weight excluding hydrogens is 302 g/mol. The third kappa shape index (κ3) is 3.19. The Morgan fingerprint density at radius 3 is 2.58 bits per heavy atom. The van der Waals surface area contributed by atoms with E-state index in [1.807, 2.05) is 43.9 Å². The van der Waals surface area contributed by atoms with Crippen LogP contribution in [0.15, 0.2) is 42.6 Å². The quantitative estimate of drug-likeness (QED) is 0.728. The highest BCUT2D eigenvalue weighted by Gasteiger charge is 2.16. The maximum Gasteiger partial charge on any atom is 0.305 e. The molecule has 2 heterocycles. The summed E-state index contributed by atoms with van der Waals surface area (Å²) >= 11 is 0. The molecule has 2 aromatic heterocycles. The number of nitrogens with one attached hydrogen (secondary N) is 2. The highest BCUT2D eigenvalue weighted by molar-refractivity contribution is 5.64. The number of rotatable bonds is 6. The van der Waals surface area contributed by atoms with E-state index in [9.17, 15) is 5.11 Å². The molecule has 3 aromatic rings. The number of imidazole rings is 1. The van der Waals surface area contributed by atoms with Crippen LogP contribution in [0.25, 0.3) is 16.9 Å².